The Balaban J connectivity index is 1.57. The lowest BCUT2D eigenvalue weighted by atomic mass is 10.0. The van der Waals surface area contributed by atoms with Gasteiger partial charge in [0, 0.05) is 41.5 Å². The van der Waals surface area contributed by atoms with Gasteiger partial charge in [0.15, 0.2) is 5.76 Å². The molecule has 0 unspecified atom stereocenters. The predicted molar refractivity (Wildman–Crippen MR) is 153 cm³/mol. The number of carbonyl (C=O) groups is 2. The van der Waals surface area contributed by atoms with Crippen LogP contribution in [0, 0.1) is 21.1 Å². The minimum atomic E-state index is -1.27. The molecule has 0 spiro atoms. The van der Waals surface area contributed by atoms with Crippen molar-refractivity contribution in [3.05, 3.63) is 66.5 Å². The normalized spacial score (nSPS) is 13.2. The molecule has 204 valence electrons. The molecule has 0 saturated carbocycles. The third-order valence-corrected chi connectivity index (χ3v) is 8.46. The highest BCUT2D eigenvalue weighted by molar-refractivity contribution is 14.1. The molecule has 1 fully saturated rings. The number of hydrogen-bond acceptors (Lipinski definition) is 10. The molecule has 0 atom stereocenters. The number of anilines is 1. The van der Waals surface area contributed by atoms with Gasteiger partial charge in [0.1, 0.15) is 23.1 Å². The summed E-state index contributed by atoms with van der Waals surface area (Å²) < 4.78 is 17.1. The number of halogens is 1. The summed E-state index contributed by atoms with van der Waals surface area (Å²) in [5, 5.41) is 33.3. The van der Waals surface area contributed by atoms with Gasteiger partial charge >= 0.3 is 11.9 Å². The van der Waals surface area contributed by atoms with Gasteiger partial charge in [0.2, 0.25) is 5.88 Å². The Morgan fingerprint density at radius 3 is 2.50 bits per heavy atom. The highest BCUT2D eigenvalue weighted by atomic mass is 127. The quantitative estimate of drug-likeness (QED) is 0.241. The van der Waals surface area contributed by atoms with Crippen LogP contribution in [0.4, 0.5) is 5.69 Å². The van der Waals surface area contributed by atoms with Gasteiger partial charge in [-0.25, -0.2) is 14.6 Å². The molecule has 5 rings (SSSR count). The first-order valence-electron chi connectivity index (χ1n) is 12.0. The molecular weight excluding hydrogens is 651 g/mol. The fourth-order valence-corrected chi connectivity index (χ4v) is 6.41. The molecule has 4 heterocycles. The van der Waals surface area contributed by atoms with Gasteiger partial charge in [-0.2, -0.15) is 5.26 Å². The molecule has 1 aromatic carbocycles. The molecule has 0 aliphatic carbocycles. The highest BCUT2D eigenvalue weighted by Gasteiger charge is 2.27. The van der Waals surface area contributed by atoms with Crippen LogP contribution in [0.3, 0.4) is 0 Å². The fraction of sp³-hybridized carbons (Fsp3) is 0.222. The molecule has 1 saturated heterocycles. The van der Waals surface area contributed by atoms with Crippen molar-refractivity contribution in [3.8, 4) is 34.5 Å². The largest absolute Gasteiger partial charge is 0.478 e. The summed E-state index contributed by atoms with van der Waals surface area (Å²) in [6.07, 6.45) is 0. The maximum atomic E-state index is 11.9. The summed E-state index contributed by atoms with van der Waals surface area (Å²) in [7, 11) is 0. The third-order valence-electron chi connectivity index (χ3n) is 6.26. The van der Waals surface area contributed by atoms with Crippen LogP contribution in [0.1, 0.15) is 36.9 Å². The molecule has 3 aromatic heterocycles. The Morgan fingerprint density at radius 2 is 1.90 bits per heavy atom. The zero-order chi connectivity index (χ0) is 28.4. The van der Waals surface area contributed by atoms with E-state index in [-0.39, 0.29) is 27.4 Å². The number of aromatic nitrogens is 2. The molecule has 11 nitrogen and oxygen atoms in total. The summed E-state index contributed by atoms with van der Waals surface area (Å²) in [6.45, 7) is 4.24. The SMILES string of the molecule is Cc1cc(-c2cc(-c3ccc(N4CCOCC4)cc3)nc(OCc3c(C(=O)O)sc(I)c3C(=O)O)c2C#N)on1. The number of aryl methyl sites for hydroxylation is 1. The first-order chi connectivity index (χ1) is 19.3. The molecule has 1 aliphatic rings. The number of rotatable bonds is 8. The number of ether oxygens (including phenoxy) is 2. The number of morpholine rings is 1. The number of nitrogens with zero attached hydrogens (tertiary/aromatic N) is 4. The van der Waals surface area contributed by atoms with Crippen molar-refractivity contribution in [3.63, 3.8) is 0 Å². The predicted octanol–water partition coefficient (Wildman–Crippen LogP) is 5.06. The van der Waals surface area contributed by atoms with Crippen LogP contribution in [0.5, 0.6) is 5.88 Å². The van der Waals surface area contributed by atoms with Crippen LogP contribution in [-0.2, 0) is 11.3 Å². The van der Waals surface area contributed by atoms with E-state index < -0.39 is 18.5 Å². The van der Waals surface area contributed by atoms with E-state index in [1.54, 1.807) is 41.6 Å². The number of carboxylic acids is 2. The monoisotopic (exact) mass is 672 g/mol. The van der Waals surface area contributed by atoms with Gasteiger partial charge in [0.05, 0.1) is 33.0 Å². The zero-order valence-corrected chi connectivity index (χ0v) is 24.0. The van der Waals surface area contributed by atoms with Crippen LogP contribution in [0.2, 0.25) is 0 Å². The molecule has 0 amide bonds. The van der Waals surface area contributed by atoms with E-state index in [4.69, 9.17) is 14.0 Å². The van der Waals surface area contributed by atoms with E-state index in [1.807, 2.05) is 24.3 Å². The molecule has 0 radical (unpaired) electrons. The molecule has 40 heavy (non-hydrogen) atoms. The number of nitriles is 1. The van der Waals surface area contributed by atoms with Crippen molar-refractivity contribution < 1.29 is 33.8 Å². The minimum Gasteiger partial charge on any atom is -0.478 e. The van der Waals surface area contributed by atoms with E-state index in [2.05, 4.69) is 21.1 Å². The second-order valence-electron chi connectivity index (χ2n) is 8.78. The van der Waals surface area contributed by atoms with Crippen LogP contribution >= 0.6 is 33.9 Å². The second kappa shape index (κ2) is 11.6. The van der Waals surface area contributed by atoms with Crippen molar-refractivity contribution in [2.75, 3.05) is 31.2 Å². The van der Waals surface area contributed by atoms with Gasteiger partial charge in [-0.1, -0.05) is 17.3 Å². The van der Waals surface area contributed by atoms with E-state index in [0.29, 0.717) is 38.8 Å². The molecule has 1 aliphatic heterocycles. The zero-order valence-electron chi connectivity index (χ0n) is 21.0. The summed E-state index contributed by atoms with van der Waals surface area (Å²) in [4.78, 5) is 30.4. The maximum absolute atomic E-state index is 11.9. The van der Waals surface area contributed by atoms with Crippen LogP contribution < -0.4 is 9.64 Å². The van der Waals surface area contributed by atoms with E-state index in [1.165, 1.54) is 0 Å². The number of benzene rings is 1. The first kappa shape index (κ1) is 27.6. The molecule has 13 heteroatoms. The lowest BCUT2D eigenvalue weighted by Crippen LogP contribution is -2.36. The molecule has 0 bridgehead atoms. The lowest BCUT2D eigenvalue weighted by molar-refractivity contribution is 0.0693. The van der Waals surface area contributed by atoms with Gasteiger partial charge in [-0.05, 0) is 47.7 Å². The average Bonchev–Trinajstić information content (AvgIpc) is 3.54. The van der Waals surface area contributed by atoms with Crippen molar-refractivity contribution in [1.29, 1.82) is 5.26 Å². The second-order valence-corrected chi connectivity index (χ2v) is 11.6. The lowest BCUT2D eigenvalue weighted by Gasteiger charge is -2.28. The fourth-order valence-electron chi connectivity index (χ4n) is 4.33. The van der Waals surface area contributed by atoms with Gasteiger partial charge in [-0.3, -0.25) is 0 Å². The Hall–Kier alpha value is -4.00. The van der Waals surface area contributed by atoms with Crippen molar-refractivity contribution in [2.45, 2.75) is 13.5 Å². The Labute approximate surface area is 245 Å². The number of carboxylic acid groups (broad SMARTS) is 2. The van der Waals surface area contributed by atoms with Gasteiger partial charge in [0.25, 0.3) is 0 Å². The van der Waals surface area contributed by atoms with Gasteiger partial charge < -0.3 is 29.1 Å². The highest BCUT2D eigenvalue weighted by Crippen LogP contribution is 2.36. The Bertz CT molecular complexity index is 1640. The molecular formula is C27H21IN4O7S. The van der Waals surface area contributed by atoms with Gasteiger partial charge in [-0.15, -0.1) is 11.3 Å². The summed E-state index contributed by atoms with van der Waals surface area (Å²) in [6, 6.07) is 13.2. The maximum Gasteiger partial charge on any atom is 0.346 e. The van der Waals surface area contributed by atoms with E-state index >= 15 is 0 Å². The van der Waals surface area contributed by atoms with Crippen LogP contribution in [0.25, 0.3) is 22.6 Å². The number of aromatic carboxylic acids is 2. The summed E-state index contributed by atoms with van der Waals surface area (Å²) in [5.41, 5.74) is 3.15. The van der Waals surface area contributed by atoms with E-state index in [0.717, 1.165) is 35.7 Å². The summed E-state index contributed by atoms with van der Waals surface area (Å²) >= 11 is 2.64. The smallest absolute Gasteiger partial charge is 0.346 e. The summed E-state index contributed by atoms with van der Waals surface area (Å²) in [5.74, 6) is -2.30. The number of pyridine rings is 1. The Kier molecular flexibility index (Phi) is 8.01. The standard InChI is InChI=1S/C27H21IN4O7S/c1-14-10-21(39-31-14)17-11-20(15-2-4-16(5-3-15)32-6-8-37-9-7-32)30-25(18(17)12-29)38-13-19-22(26(33)34)24(28)40-23(19)27(35)36/h2-5,10-11H,6-9,13H2,1H3,(H,33,34)(H,35,36). The topological polar surface area (TPSA) is 159 Å². The minimum absolute atomic E-state index is 0.00239. The first-order valence-corrected chi connectivity index (χ1v) is 13.9. The number of thiophene rings is 1. The number of hydrogen-bond donors (Lipinski definition) is 2. The van der Waals surface area contributed by atoms with Crippen LogP contribution in [0.15, 0.2) is 40.9 Å². The van der Waals surface area contributed by atoms with Crippen molar-refractivity contribution >= 4 is 51.6 Å². The average molecular weight is 672 g/mol. The van der Waals surface area contributed by atoms with Crippen molar-refractivity contribution in [2.24, 2.45) is 0 Å². The van der Waals surface area contributed by atoms with E-state index in [9.17, 15) is 25.1 Å². The van der Waals surface area contributed by atoms with Crippen molar-refractivity contribution in [1.82, 2.24) is 10.1 Å². The molecule has 2 N–H and O–H groups in total. The third kappa shape index (κ3) is 5.51. The van der Waals surface area contributed by atoms with Crippen LogP contribution in [-0.4, -0.2) is 58.6 Å². The molecule has 4 aromatic rings. The Morgan fingerprint density at radius 1 is 1.18 bits per heavy atom.